The van der Waals surface area contributed by atoms with Gasteiger partial charge in [0.05, 0.1) is 26.6 Å². The minimum atomic E-state index is -0.229. The standard InChI is InChI=1S/C20H15Cl3N4OS.ClH/c21-13-5-6-14(16(23)11-13)19(28)27(9-2-8-26-10-7-24-12-26)20-25-18-15(22)3-1-4-17(18)29-20;/h1,3-7,10-12H,2,8-9H2;1H. The van der Waals surface area contributed by atoms with Gasteiger partial charge in [0.2, 0.25) is 0 Å². The third-order valence-electron chi connectivity index (χ3n) is 4.35. The summed E-state index contributed by atoms with van der Waals surface area (Å²) in [6.45, 7) is 1.19. The van der Waals surface area contributed by atoms with Crippen LogP contribution in [0.1, 0.15) is 16.8 Å². The van der Waals surface area contributed by atoms with Gasteiger partial charge in [-0.25, -0.2) is 9.97 Å². The van der Waals surface area contributed by atoms with Crippen LogP contribution < -0.4 is 4.90 Å². The topological polar surface area (TPSA) is 51.0 Å². The molecule has 0 fully saturated rings. The summed E-state index contributed by atoms with van der Waals surface area (Å²) in [6.07, 6.45) is 6.09. The third kappa shape index (κ3) is 4.90. The number of imidazole rings is 1. The van der Waals surface area contributed by atoms with Gasteiger partial charge in [-0.1, -0.05) is 52.2 Å². The molecule has 0 aliphatic heterocycles. The van der Waals surface area contributed by atoms with E-state index in [2.05, 4.69) is 9.97 Å². The third-order valence-corrected chi connectivity index (χ3v) is 6.25. The lowest BCUT2D eigenvalue weighted by Gasteiger charge is -2.20. The summed E-state index contributed by atoms with van der Waals surface area (Å²) in [5.41, 5.74) is 1.06. The number of thiazole rings is 1. The largest absolute Gasteiger partial charge is 0.337 e. The number of carbonyl (C=O) groups excluding carboxylic acids is 1. The van der Waals surface area contributed by atoms with E-state index in [0.29, 0.717) is 37.8 Å². The molecule has 1 amide bonds. The molecule has 0 unspecified atom stereocenters. The molecule has 156 valence electrons. The van der Waals surface area contributed by atoms with Crippen molar-refractivity contribution in [3.05, 3.63) is 75.8 Å². The van der Waals surface area contributed by atoms with Gasteiger partial charge >= 0.3 is 0 Å². The Morgan fingerprint density at radius 1 is 1.13 bits per heavy atom. The Bertz CT molecular complexity index is 1160. The molecule has 0 atom stereocenters. The normalized spacial score (nSPS) is 10.8. The number of anilines is 1. The number of fused-ring (bicyclic) bond motifs is 1. The average molecular weight is 502 g/mol. The van der Waals surface area contributed by atoms with Gasteiger partial charge in [0.1, 0.15) is 5.52 Å². The van der Waals surface area contributed by atoms with Gasteiger partial charge in [-0.15, -0.1) is 12.4 Å². The fourth-order valence-corrected chi connectivity index (χ4v) is 4.72. The van der Waals surface area contributed by atoms with E-state index in [1.54, 1.807) is 41.7 Å². The van der Waals surface area contributed by atoms with Gasteiger partial charge in [-0.05, 0) is 36.8 Å². The van der Waals surface area contributed by atoms with Crippen molar-refractivity contribution in [2.75, 3.05) is 11.4 Å². The minimum absolute atomic E-state index is 0. The Kier molecular flexibility index (Phi) is 7.60. The number of hydrogen-bond donors (Lipinski definition) is 0. The molecule has 0 spiro atoms. The van der Waals surface area contributed by atoms with Gasteiger partial charge in [0.15, 0.2) is 5.13 Å². The Hall–Kier alpha value is -1.83. The zero-order valence-electron chi connectivity index (χ0n) is 15.5. The van der Waals surface area contributed by atoms with Crippen molar-refractivity contribution in [1.29, 1.82) is 0 Å². The number of hydrogen-bond acceptors (Lipinski definition) is 4. The van der Waals surface area contributed by atoms with Crippen molar-refractivity contribution >= 4 is 79.8 Å². The minimum Gasteiger partial charge on any atom is -0.337 e. The highest BCUT2D eigenvalue weighted by molar-refractivity contribution is 7.22. The summed E-state index contributed by atoms with van der Waals surface area (Å²) >= 11 is 20.0. The number of halogens is 4. The van der Waals surface area contributed by atoms with Crippen LogP contribution in [0, 0.1) is 0 Å². The second kappa shape index (κ2) is 9.98. The van der Waals surface area contributed by atoms with E-state index < -0.39 is 0 Å². The van der Waals surface area contributed by atoms with E-state index in [-0.39, 0.29) is 18.3 Å². The van der Waals surface area contributed by atoms with E-state index in [9.17, 15) is 4.79 Å². The van der Waals surface area contributed by atoms with Crippen LogP contribution in [0.25, 0.3) is 10.2 Å². The predicted octanol–water partition coefficient (Wildman–Crippen LogP) is 6.61. The highest BCUT2D eigenvalue weighted by atomic mass is 35.5. The molecular formula is C20H16Cl4N4OS. The number of aromatic nitrogens is 3. The zero-order valence-corrected chi connectivity index (χ0v) is 19.4. The maximum Gasteiger partial charge on any atom is 0.261 e. The quantitative estimate of drug-likeness (QED) is 0.298. The van der Waals surface area contributed by atoms with E-state index in [1.807, 2.05) is 22.9 Å². The van der Waals surface area contributed by atoms with Crippen molar-refractivity contribution in [3.8, 4) is 0 Å². The molecule has 4 rings (SSSR count). The molecule has 0 bridgehead atoms. The van der Waals surface area contributed by atoms with Gasteiger partial charge in [0.25, 0.3) is 5.91 Å². The Morgan fingerprint density at radius 2 is 1.97 bits per heavy atom. The molecule has 2 heterocycles. The van der Waals surface area contributed by atoms with Crippen LogP contribution in [0.15, 0.2) is 55.1 Å². The first-order chi connectivity index (χ1) is 14.0. The maximum atomic E-state index is 13.3. The second-order valence-electron chi connectivity index (χ2n) is 6.32. The maximum absolute atomic E-state index is 13.3. The van der Waals surface area contributed by atoms with E-state index in [0.717, 1.165) is 17.7 Å². The molecule has 4 aromatic rings. The molecule has 5 nitrogen and oxygen atoms in total. The van der Waals surface area contributed by atoms with Crippen molar-refractivity contribution < 1.29 is 4.79 Å². The highest BCUT2D eigenvalue weighted by Gasteiger charge is 2.23. The number of amides is 1. The van der Waals surface area contributed by atoms with Crippen LogP contribution in [-0.2, 0) is 6.54 Å². The molecule has 30 heavy (non-hydrogen) atoms. The monoisotopic (exact) mass is 500 g/mol. The number of carbonyl (C=O) groups is 1. The van der Waals surface area contributed by atoms with Crippen molar-refractivity contribution in [1.82, 2.24) is 14.5 Å². The number of nitrogens with zero attached hydrogens (tertiary/aromatic N) is 4. The summed E-state index contributed by atoms with van der Waals surface area (Å²) in [5.74, 6) is -0.229. The molecular weight excluding hydrogens is 486 g/mol. The SMILES string of the molecule is Cl.O=C(c1ccc(Cl)cc1Cl)N(CCCn1ccnc1)c1nc2c(Cl)cccc2s1. The molecule has 0 N–H and O–H groups in total. The summed E-state index contributed by atoms with van der Waals surface area (Å²) in [4.78, 5) is 23.7. The van der Waals surface area contributed by atoms with Crippen LogP contribution in [-0.4, -0.2) is 27.0 Å². The molecule has 0 saturated carbocycles. The molecule has 10 heteroatoms. The number of benzene rings is 2. The molecule has 2 aromatic heterocycles. The van der Waals surface area contributed by atoms with Crippen LogP contribution in [0.2, 0.25) is 15.1 Å². The Labute approximate surface area is 198 Å². The highest BCUT2D eigenvalue weighted by Crippen LogP contribution is 2.34. The fourth-order valence-electron chi connectivity index (χ4n) is 2.94. The van der Waals surface area contributed by atoms with Gasteiger partial charge < -0.3 is 4.57 Å². The Balaban J connectivity index is 0.00000256. The fraction of sp³-hybridized carbons (Fsp3) is 0.150. The lowest BCUT2D eigenvalue weighted by molar-refractivity contribution is 0.0986. The van der Waals surface area contributed by atoms with Crippen LogP contribution in [0.4, 0.5) is 5.13 Å². The first kappa shape index (κ1) is 22.8. The van der Waals surface area contributed by atoms with E-state index >= 15 is 0 Å². The lowest BCUT2D eigenvalue weighted by Crippen LogP contribution is -2.32. The number of rotatable bonds is 6. The van der Waals surface area contributed by atoms with Crippen molar-refractivity contribution in [3.63, 3.8) is 0 Å². The lowest BCUT2D eigenvalue weighted by atomic mass is 10.2. The van der Waals surface area contributed by atoms with E-state index in [4.69, 9.17) is 34.8 Å². The van der Waals surface area contributed by atoms with Crippen molar-refractivity contribution in [2.24, 2.45) is 0 Å². The predicted molar refractivity (Wildman–Crippen MR) is 127 cm³/mol. The van der Waals surface area contributed by atoms with E-state index in [1.165, 1.54) is 11.3 Å². The summed E-state index contributed by atoms with van der Waals surface area (Å²) < 4.78 is 2.88. The van der Waals surface area contributed by atoms with Gasteiger partial charge in [-0.3, -0.25) is 9.69 Å². The van der Waals surface area contributed by atoms with Gasteiger partial charge in [0, 0.05) is 30.5 Å². The summed E-state index contributed by atoms with van der Waals surface area (Å²) in [5, 5.41) is 1.92. The van der Waals surface area contributed by atoms with Gasteiger partial charge in [-0.2, -0.15) is 0 Å². The van der Waals surface area contributed by atoms with Crippen LogP contribution in [0.5, 0.6) is 0 Å². The van der Waals surface area contributed by atoms with Crippen LogP contribution >= 0.6 is 58.5 Å². The molecule has 0 aliphatic carbocycles. The number of para-hydroxylation sites is 1. The smallest absolute Gasteiger partial charge is 0.261 e. The summed E-state index contributed by atoms with van der Waals surface area (Å²) in [6, 6.07) is 10.4. The molecule has 2 aromatic carbocycles. The molecule has 0 aliphatic rings. The first-order valence-corrected chi connectivity index (χ1v) is 10.8. The Morgan fingerprint density at radius 3 is 2.67 bits per heavy atom. The summed E-state index contributed by atoms with van der Waals surface area (Å²) in [7, 11) is 0. The number of aryl methyl sites for hydroxylation is 1. The molecule has 0 radical (unpaired) electrons. The second-order valence-corrected chi connectivity index (χ2v) is 8.58. The molecule has 0 saturated heterocycles. The average Bonchev–Trinajstić information content (AvgIpc) is 3.35. The van der Waals surface area contributed by atoms with Crippen LogP contribution in [0.3, 0.4) is 0 Å². The van der Waals surface area contributed by atoms with Crippen molar-refractivity contribution in [2.45, 2.75) is 13.0 Å². The zero-order chi connectivity index (χ0) is 20.4. The first-order valence-electron chi connectivity index (χ1n) is 8.80.